The first kappa shape index (κ1) is 14.0. The summed E-state index contributed by atoms with van der Waals surface area (Å²) < 4.78 is 6.05. The molecular weight excluding hydrogens is 198 g/mol. The summed E-state index contributed by atoms with van der Waals surface area (Å²) in [5.74, 6) is 0. The van der Waals surface area contributed by atoms with Crippen LogP contribution in [0.15, 0.2) is 0 Å². The van der Waals surface area contributed by atoms with Crippen LogP contribution in [0.4, 0.5) is 0 Å². The van der Waals surface area contributed by atoms with Crippen molar-refractivity contribution < 1.29 is 4.74 Å². The van der Waals surface area contributed by atoms with Crippen LogP contribution in [0, 0.1) is 0 Å². The molecule has 1 fully saturated rings. The predicted octanol–water partition coefficient (Wildman–Crippen LogP) is 3.50. The Labute approximate surface area is 101 Å². The van der Waals surface area contributed by atoms with Gasteiger partial charge in [0.1, 0.15) is 0 Å². The van der Waals surface area contributed by atoms with E-state index in [4.69, 9.17) is 4.74 Å². The van der Waals surface area contributed by atoms with Gasteiger partial charge in [0.25, 0.3) is 0 Å². The molecule has 1 aliphatic rings. The van der Waals surface area contributed by atoms with E-state index in [1.54, 1.807) is 0 Å². The Morgan fingerprint density at radius 2 is 1.81 bits per heavy atom. The highest BCUT2D eigenvalue weighted by molar-refractivity contribution is 4.68. The smallest absolute Gasteiger partial charge is 0.0623 e. The largest absolute Gasteiger partial charge is 0.377 e. The highest BCUT2D eigenvalue weighted by Gasteiger charge is 2.14. The number of hydrogen-bond donors (Lipinski definition) is 1. The number of hydrogen-bond acceptors (Lipinski definition) is 2. The van der Waals surface area contributed by atoms with Crippen LogP contribution >= 0.6 is 0 Å². The Morgan fingerprint density at radius 3 is 2.38 bits per heavy atom. The summed E-state index contributed by atoms with van der Waals surface area (Å²) in [4.78, 5) is 0. The van der Waals surface area contributed by atoms with E-state index in [-0.39, 0.29) is 0 Å². The molecule has 1 N–H and O–H groups in total. The molecular formula is C14H29NO. The summed E-state index contributed by atoms with van der Waals surface area (Å²) >= 11 is 0. The fourth-order valence-electron chi connectivity index (χ4n) is 2.33. The lowest BCUT2D eigenvalue weighted by Gasteiger charge is -2.21. The second-order valence-corrected chi connectivity index (χ2v) is 5.01. The van der Waals surface area contributed by atoms with Crippen molar-refractivity contribution in [3.63, 3.8) is 0 Å². The van der Waals surface area contributed by atoms with Gasteiger partial charge in [0, 0.05) is 6.04 Å². The van der Waals surface area contributed by atoms with Gasteiger partial charge in [-0.2, -0.15) is 0 Å². The van der Waals surface area contributed by atoms with Crippen molar-refractivity contribution in [3.8, 4) is 0 Å². The first-order chi connectivity index (χ1) is 7.86. The number of rotatable bonds is 7. The Morgan fingerprint density at radius 1 is 1.12 bits per heavy atom. The van der Waals surface area contributed by atoms with Crippen LogP contribution in [0.25, 0.3) is 0 Å². The fraction of sp³-hybridized carbons (Fsp3) is 1.00. The van der Waals surface area contributed by atoms with E-state index in [9.17, 15) is 0 Å². The van der Waals surface area contributed by atoms with Gasteiger partial charge in [0.15, 0.2) is 0 Å². The van der Waals surface area contributed by atoms with Gasteiger partial charge in [0.2, 0.25) is 0 Å². The van der Waals surface area contributed by atoms with Gasteiger partial charge in [-0.25, -0.2) is 0 Å². The summed E-state index contributed by atoms with van der Waals surface area (Å²) in [6, 6.07) is 0.559. The lowest BCUT2D eigenvalue weighted by molar-refractivity contribution is 0.0286. The maximum atomic E-state index is 6.05. The van der Waals surface area contributed by atoms with Crippen LogP contribution < -0.4 is 5.32 Å². The Balaban J connectivity index is 2.14. The van der Waals surface area contributed by atoms with E-state index in [1.165, 1.54) is 51.4 Å². The van der Waals surface area contributed by atoms with E-state index in [0.29, 0.717) is 12.1 Å². The van der Waals surface area contributed by atoms with Crippen LogP contribution in [-0.2, 0) is 4.74 Å². The summed E-state index contributed by atoms with van der Waals surface area (Å²) in [6.45, 7) is 6.48. The predicted molar refractivity (Wildman–Crippen MR) is 69.8 cm³/mol. The first-order valence-electron chi connectivity index (χ1n) is 7.21. The SMILES string of the molecule is CCCNC(CC)COC1CCCCCC1. The molecule has 1 saturated carbocycles. The molecule has 1 rings (SSSR count). The number of ether oxygens (including phenoxy) is 1. The molecule has 1 unspecified atom stereocenters. The standard InChI is InChI=1S/C14H29NO/c1-3-11-15-13(4-2)12-16-14-9-7-5-6-8-10-14/h13-15H,3-12H2,1-2H3. The quantitative estimate of drug-likeness (QED) is 0.672. The number of nitrogens with one attached hydrogen (secondary N) is 1. The molecule has 0 aromatic carbocycles. The van der Waals surface area contributed by atoms with Crippen LogP contribution in [0.2, 0.25) is 0 Å². The van der Waals surface area contributed by atoms with Crippen LogP contribution in [-0.4, -0.2) is 25.3 Å². The topological polar surface area (TPSA) is 21.3 Å². The minimum absolute atomic E-state index is 0.542. The lowest BCUT2D eigenvalue weighted by atomic mass is 10.1. The van der Waals surface area contributed by atoms with E-state index in [2.05, 4.69) is 19.2 Å². The highest BCUT2D eigenvalue weighted by atomic mass is 16.5. The van der Waals surface area contributed by atoms with Crippen molar-refractivity contribution in [2.45, 2.75) is 77.4 Å². The first-order valence-corrected chi connectivity index (χ1v) is 7.21. The van der Waals surface area contributed by atoms with E-state index in [0.717, 1.165) is 13.2 Å². The third-order valence-corrected chi connectivity index (χ3v) is 3.51. The minimum atomic E-state index is 0.542. The lowest BCUT2D eigenvalue weighted by Crippen LogP contribution is -2.35. The molecule has 2 nitrogen and oxygen atoms in total. The van der Waals surface area contributed by atoms with Crippen LogP contribution in [0.1, 0.15) is 65.2 Å². The molecule has 0 aliphatic heterocycles. The van der Waals surface area contributed by atoms with Crippen molar-refractivity contribution >= 4 is 0 Å². The van der Waals surface area contributed by atoms with Crippen LogP contribution in [0.3, 0.4) is 0 Å². The summed E-state index contributed by atoms with van der Waals surface area (Å²) in [5, 5.41) is 3.55. The summed E-state index contributed by atoms with van der Waals surface area (Å²) in [5.41, 5.74) is 0. The van der Waals surface area contributed by atoms with Gasteiger partial charge in [-0.15, -0.1) is 0 Å². The molecule has 96 valence electrons. The van der Waals surface area contributed by atoms with Gasteiger partial charge < -0.3 is 10.1 Å². The molecule has 0 radical (unpaired) electrons. The second kappa shape index (κ2) is 9.00. The molecule has 2 heteroatoms. The molecule has 0 aromatic rings. The van der Waals surface area contributed by atoms with Gasteiger partial charge in [-0.05, 0) is 32.2 Å². The maximum absolute atomic E-state index is 6.05. The normalized spacial score (nSPS) is 20.6. The van der Waals surface area contributed by atoms with Crippen molar-refractivity contribution in [1.82, 2.24) is 5.32 Å². The fourth-order valence-corrected chi connectivity index (χ4v) is 2.33. The molecule has 0 amide bonds. The van der Waals surface area contributed by atoms with E-state index >= 15 is 0 Å². The molecule has 0 heterocycles. The minimum Gasteiger partial charge on any atom is -0.377 e. The van der Waals surface area contributed by atoms with Crippen molar-refractivity contribution in [2.24, 2.45) is 0 Å². The monoisotopic (exact) mass is 227 g/mol. The average molecular weight is 227 g/mol. The Bertz CT molecular complexity index is 153. The third kappa shape index (κ3) is 5.86. The van der Waals surface area contributed by atoms with Crippen molar-refractivity contribution in [2.75, 3.05) is 13.2 Å². The van der Waals surface area contributed by atoms with E-state index in [1.807, 2.05) is 0 Å². The molecule has 0 bridgehead atoms. The third-order valence-electron chi connectivity index (χ3n) is 3.51. The maximum Gasteiger partial charge on any atom is 0.0623 e. The zero-order valence-electron chi connectivity index (χ0n) is 11.1. The van der Waals surface area contributed by atoms with E-state index < -0.39 is 0 Å². The van der Waals surface area contributed by atoms with Gasteiger partial charge >= 0.3 is 0 Å². The molecule has 16 heavy (non-hydrogen) atoms. The van der Waals surface area contributed by atoms with Crippen LogP contribution in [0.5, 0.6) is 0 Å². The van der Waals surface area contributed by atoms with Crippen molar-refractivity contribution in [1.29, 1.82) is 0 Å². The zero-order chi connectivity index (χ0) is 11.6. The van der Waals surface area contributed by atoms with Gasteiger partial charge in [0.05, 0.1) is 12.7 Å². The summed E-state index contributed by atoms with van der Waals surface area (Å²) in [6.07, 6.45) is 11.0. The highest BCUT2D eigenvalue weighted by Crippen LogP contribution is 2.19. The summed E-state index contributed by atoms with van der Waals surface area (Å²) in [7, 11) is 0. The molecule has 0 spiro atoms. The van der Waals surface area contributed by atoms with Crippen molar-refractivity contribution in [3.05, 3.63) is 0 Å². The molecule has 1 atom stereocenters. The second-order valence-electron chi connectivity index (χ2n) is 5.01. The molecule has 0 saturated heterocycles. The zero-order valence-corrected chi connectivity index (χ0v) is 11.1. The molecule has 0 aromatic heterocycles. The Hall–Kier alpha value is -0.0800. The average Bonchev–Trinajstić information content (AvgIpc) is 2.58. The van der Waals surface area contributed by atoms with Gasteiger partial charge in [-0.3, -0.25) is 0 Å². The molecule has 1 aliphatic carbocycles. The Kier molecular flexibility index (Phi) is 7.87. The van der Waals surface area contributed by atoms with Gasteiger partial charge in [-0.1, -0.05) is 39.5 Å².